The van der Waals surface area contributed by atoms with Crippen molar-refractivity contribution in [3.63, 3.8) is 0 Å². The Kier molecular flexibility index (Phi) is 4.30. The van der Waals surface area contributed by atoms with Gasteiger partial charge in [-0.2, -0.15) is 12.6 Å². The zero-order chi connectivity index (χ0) is 11.3. The van der Waals surface area contributed by atoms with E-state index < -0.39 is 10.7 Å². The summed E-state index contributed by atoms with van der Waals surface area (Å²) in [5.41, 5.74) is 0.189. The smallest absolute Gasteiger partial charge is 0.258 e. The van der Waals surface area contributed by atoms with E-state index in [1.54, 1.807) is 12.2 Å². The summed E-state index contributed by atoms with van der Waals surface area (Å²) in [5, 5.41) is 10.6. The number of rotatable bonds is 4. The van der Waals surface area contributed by atoms with E-state index in [-0.39, 0.29) is 5.69 Å². The van der Waals surface area contributed by atoms with Crippen LogP contribution in [0.2, 0.25) is 0 Å². The molecule has 0 spiro atoms. The Morgan fingerprint density at radius 1 is 1.53 bits per heavy atom. The average Bonchev–Trinajstić information content (AvgIpc) is 2.20. The van der Waals surface area contributed by atoms with Gasteiger partial charge < -0.3 is 0 Å². The molecule has 0 atom stereocenters. The minimum atomic E-state index is -0.604. The van der Waals surface area contributed by atoms with Gasteiger partial charge in [-0.15, -0.1) is 0 Å². The van der Waals surface area contributed by atoms with E-state index in [1.807, 2.05) is 0 Å². The fourth-order valence-corrected chi connectivity index (χ4v) is 1.25. The van der Waals surface area contributed by atoms with Crippen molar-refractivity contribution in [2.24, 2.45) is 0 Å². The topological polar surface area (TPSA) is 43.1 Å². The molecule has 0 saturated heterocycles. The van der Waals surface area contributed by atoms with Gasteiger partial charge in [-0.1, -0.05) is 12.2 Å². The Morgan fingerprint density at radius 3 is 2.87 bits per heavy atom. The van der Waals surface area contributed by atoms with Crippen molar-refractivity contribution in [1.29, 1.82) is 0 Å². The number of allylic oxidation sites excluding steroid dienone is 1. The molecule has 0 heterocycles. The first kappa shape index (κ1) is 11.7. The lowest BCUT2D eigenvalue weighted by atomic mass is 10.1. The van der Waals surface area contributed by atoms with Gasteiger partial charge >= 0.3 is 0 Å². The molecule has 0 aliphatic heterocycles. The lowest BCUT2D eigenvalue weighted by Crippen LogP contribution is -1.92. The van der Waals surface area contributed by atoms with Crippen molar-refractivity contribution in [3.05, 3.63) is 45.8 Å². The van der Waals surface area contributed by atoms with Crippen molar-refractivity contribution in [2.75, 3.05) is 5.75 Å². The molecule has 5 heteroatoms. The van der Waals surface area contributed by atoms with Crippen LogP contribution in [0, 0.1) is 15.9 Å². The van der Waals surface area contributed by atoms with E-state index in [4.69, 9.17) is 0 Å². The van der Waals surface area contributed by atoms with Gasteiger partial charge in [0, 0.05) is 0 Å². The molecule has 1 aromatic carbocycles. The third-order valence-corrected chi connectivity index (χ3v) is 2.04. The average molecular weight is 227 g/mol. The van der Waals surface area contributed by atoms with Crippen LogP contribution >= 0.6 is 12.6 Å². The summed E-state index contributed by atoms with van der Waals surface area (Å²) < 4.78 is 12.8. The highest BCUT2D eigenvalue weighted by molar-refractivity contribution is 7.80. The molecular weight excluding hydrogens is 217 g/mol. The van der Waals surface area contributed by atoms with Gasteiger partial charge in [-0.25, -0.2) is 4.39 Å². The summed E-state index contributed by atoms with van der Waals surface area (Å²) in [6.45, 7) is 0. The summed E-state index contributed by atoms with van der Waals surface area (Å²) in [4.78, 5) is 10.0. The van der Waals surface area contributed by atoms with Crippen LogP contribution in [0.1, 0.15) is 12.0 Å². The van der Waals surface area contributed by atoms with Gasteiger partial charge in [-0.05, 0) is 24.3 Å². The Hall–Kier alpha value is -1.36. The second kappa shape index (κ2) is 5.50. The number of benzene rings is 1. The number of nitro benzene ring substituents is 1. The van der Waals surface area contributed by atoms with Crippen LogP contribution in [-0.2, 0) is 0 Å². The van der Waals surface area contributed by atoms with Gasteiger partial charge in [0.05, 0.1) is 16.6 Å². The highest BCUT2D eigenvalue weighted by atomic mass is 32.1. The van der Waals surface area contributed by atoms with E-state index in [1.165, 1.54) is 12.1 Å². The lowest BCUT2D eigenvalue weighted by molar-refractivity contribution is -0.385. The fraction of sp³-hybridized carbons (Fsp3) is 0.200. The molecule has 0 saturated carbocycles. The van der Waals surface area contributed by atoms with E-state index in [0.29, 0.717) is 11.3 Å². The lowest BCUT2D eigenvalue weighted by Gasteiger charge is -1.97. The number of nitrogens with zero attached hydrogens (tertiary/aromatic N) is 1. The molecule has 0 aromatic heterocycles. The molecular formula is C10H10FNO2S. The molecule has 0 aliphatic rings. The third-order valence-electron chi connectivity index (χ3n) is 1.78. The second-order valence-corrected chi connectivity index (χ2v) is 3.32. The second-order valence-electron chi connectivity index (χ2n) is 2.87. The molecule has 0 bridgehead atoms. The standard InChI is InChI=1S/C10H10FNO2S/c11-9-5-4-8(3-1-2-6-15)10(7-9)12(13)14/h1,3-5,7,15H,2,6H2. The van der Waals surface area contributed by atoms with Crippen LogP contribution < -0.4 is 0 Å². The van der Waals surface area contributed by atoms with E-state index in [0.717, 1.165) is 12.5 Å². The number of halogens is 1. The molecule has 0 unspecified atom stereocenters. The van der Waals surface area contributed by atoms with Crippen molar-refractivity contribution in [1.82, 2.24) is 0 Å². The third kappa shape index (κ3) is 3.36. The van der Waals surface area contributed by atoms with Gasteiger partial charge in [0.2, 0.25) is 0 Å². The Balaban J connectivity index is 3.01. The first-order valence-electron chi connectivity index (χ1n) is 4.36. The summed E-state index contributed by atoms with van der Waals surface area (Å²) >= 11 is 4.00. The van der Waals surface area contributed by atoms with Crippen molar-refractivity contribution in [2.45, 2.75) is 6.42 Å². The minimum Gasteiger partial charge on any atom is -0.258 e. The first-order valence-corrected chi connectivity index (χ1v) is 4.99. The van der Waals surface area contributed by atoms with Crippen LogP contribution in [-0.4, -0.2) is 10.7 Å². The van der Waals surface area contributed by atoms with Crippen LogP contribution in [0.3, 0.4) is 0 Å². The normalized spacial score (nSPS) is 10.8. The monoisotopic (exact) mass is 227 g/mol. The molecule has 1 aromatic rings. The zero-order valence-corrected chi connectivity index (χ0v) is 8.78. The molecule has 0 radical (unpaired) electrons. The number of hydrogen-bond donors (Lipinski definition) is 1. The summed E-state index contributed by atoms with van der Waals surface area (Å²) in [6.07, 6.45) is 4.10. The molecule has 0 fully saturated rings. The Morgan fingerprint density at radius 2 is 2.27 bits per heavy atom. The molecule has 0 amide bonds. The molecule has 3 nitrogen and oxygen atoms in total. The fourth-order valence-electron chi connectivity index (χ4n) is 1.10. The highest BCUT2D eigenvalue weighted by Gasteiger charge is 2.11. The van der Waals surface area contributed by atoms with Gasteiger partial charge in [0.25, 0.3) is 5.69 Å². The quantitative estimate of drug-likeness (QED) is 0.488. The van der Waals surface area contributed by atoms with Crippen molar-refractivity contribution >= 4 is 24.4 Å². The maximum atomic E-state index is 12.8. The summed E-state index contributed by atoms with van der Waals surface area (Å²) in [7, 11) is 0. The summed E-state index contributed by atoms with van der Waals surface area (Å²) in [6, 6.07) is 3.51. The van der Waals surface area contributed by atoms with E-state index in [9.17, 15) is 14.5 Å². The first-order chi connectivity index (χ1) is 7.15. The van der Waals surface area contributed by atoms with Gasteiger partial charge in [0.15, 0.2) is 0 Å². The van der Waals surface area contributed by atoms with Crippen molar-refractivity contribution < 1.29 is 9.31 Å². The Bertz CT molecular complexity index is 393. The molecule has 80 valence electrons. The molecule has 1 rings (SSSR count). The maximum absolute atomic E-state index is 12.8. The minimum absolute atomic E-state index is 0.217. The van der Waals surface area contributed by atoms with Gasteiger partial charge in [-0.3, -0.25) is 10.1 Å². The van der Waals surface area contributed by atoms with Crippen LogP contribution in [0.4, 0.5) is 10.1 Å². The number of hydrogen-bond acceptors (Lipinski definition) is 3. The number of nitro groups is 1. The van der Waals surface area contributed by atoms with Crippen LogP contribution in [0.5, 0.6) is 0 Å². The molecule has 0 aliphatic carbocycles. The van der Waals surface area contributed by atoms with Gasteiger partial charge in [0.1, 0.15) is 5.82 Å². The summed E-state index contributed by atoms with van der Waals surface area (Å²) in [5.74, 6) is 0.0685. The largest absolute Gasteiger partial charge is 0.279 e. The SMILES string of the molecule is O=[N+]([O-])c1cc(F)ccc1C=CCCS. The predicted octanol–water partition coefficient (Wildman–Crippen LogP) is 3.07. The van der Waals surface area contributed by atoms with Crippen molar-refractivity contribution in [3.8, 4) is 0 Å². The van der Waals surface area contributed by atoms with Crippen LogP contribution in [0.25, 0.3) is 6.08 Å². The maximum Gasteiger partial charge on any atom is 0.279 e. The predicted molar refractivity (Wildman–Crippen MR) is 60.6 cm³/mol. The van der Waals surface area contributed by atoms with E-state index in [2.05, 4.69) is 12.6 Å². The zero-order valence-electron chi connectivity index (χ0n) is 7.89. The Labute approximate surface area is 92.2 Å². The number of thiol groups is 1. The van der Waals surface area contributed by atoms with Crippen LogP contribution in [0.15, 0.2) is 24.3 Å². The molecule has 15 heavy (non-hydrogen) atoms. The molecule has 0 N–H and O–H groups in total. The van der Waals surface area contributed by atoms with E-state index >= 15 is 0 Å². The highest BCUT2D eigenvalue weighted by Crippen LogP contribution is 2.21.